The Morgan fingerprint density at radius 3 is 2.87 bits per heavy atom. The molecule has 0 aromatic carbocycles. The van der Waals surface area contributed by atoms with Crippen molar-refractivity contribution in [1.29, 1.82) is 0 Å². The average molecular weight is 311 g/mol. The second-order valence-electron chi connectivity index (χ2n) is 6.64. The van der Waals surface area contributed by atoms with Crippen molar-refractivity contribution in [3.05, 3.63) is 42.5 Å². The zero-order valence-electron chi connectivity index (χ0n) is 13.4. The molecule has 4 heterocycles. The molecule has 1 amide bonds. The number of carbonyl (C=O) groups excluding carboxylic acids is 1. The third-order valence-corrected chi connectivity index (χ3v) is 5.06. The summed E-state index contributed by atoms with van der Waals surface area (Å²) in [4.78, 5) is 21.6. The third kappa shape index (κ3) is 2.53. The van der Waals surface area contributed by atoms with Crippen LogP contribution in [0.2, 0.25) is 0 Å². The van der Waals surface area contributed by atoms with E-state index in [9.17, 15) is 4.79 Å². The molecule has 2 aromatic rings. The van der Waals surface area contributed by atoms with E-state index in [2.05, 4.69) is 15.0 Å². The van der Waals surface area contributed by atoms with Crippen LogP contribution in [0.5, 0.6) is 0 Å². The van der Waals surface area contributed by atoms with Crippen molar-refractivity contribution in [2.75, 3.05) is 24.5 Å². The molecule has 0 aliphatic carbocycles. The number of pyridine rings is 1. The molecule has 0 bridgehead atoms. The lowest BCUT2D eigenvalue weighted by Crippen LogP contribution is -2.36. The Balaban J connectivity index is 1.47. The van der Waals surface area contributed by atoms with Gasteiger partial charge in [-0.1, -0.05) is 6.07 Å². The van der Waals surface area contributed by atoms with Gasteiger partial charge >= 0.3 is 0 Å². The van der Waals surface area contributed by atoms with Crippen LogP contribution >= 0.6 is 0 Å². The number of aromatic nitrogens is 3. The van der Waals surface area contributed by atoms with Gasteiger partial charge in [0.25, 0.3) is 0 Å². The highest BCUT2D eigenvalue weighted by molar-refractivity contribution is 6.00. The SMILES string of the molecule is Cn1cc(N2CC[C@@]3(CCN(Cc4ccccn4)C3)C2=O)cn1. The minimum Gasteiger partial charge on any atom is -0.309 e. The lowest BCUT2D eigenvalue weighted by molar-refractivity contribution is -0.125. The summed E-state index contributed by atoms with van der Waals surface area (Å²) in [5, 5.41) is 4.19. The molecule has 2 fully saturated rings. The fourth-order valence-corrected chi connectivity index (χ4v) is 3.81. The van der Waals surface area contributed by atoms with E-state index in [1.807, 2.05) is 42.5 Å². The lowest BCUT2D eigenvalue weighted by atomic mass is 9.85. The first kappa shape index (κ1) is 14.4. The van der Waals surface area contributed by atoms with Crippen LogP contribution in [0.25, 0.3) is 0 Å². The van der Waals surface area contributed by atoms with Crippen molar-refractivity contribution in [2.24, 2.45) is 12.5 Å². The highest BCUT2D eigenvalue weighted by atomic mass is 16.2. The summed E-state index contributed by atoms with van der Waals surface area (Å²) in [6.45, 7) is 3.41. The molecular weight excluding hydrogens is 290 g/mol. The molecule has 0 N–H and O–H groups in total. The fraction of sp³-hybridized carbons (Fsp3) is 0.471. The maximum absolute atomic E-state index is 13.0. The van der Waals surface area contributed by atoms with Crippen LogP contribution in [-0.4, -0.2) is 45.2 Å². The molecule has 6 heteroatoms. The summed E-state index contributed by atoms with van der Waals surface area (Å²) >= 11 is 0. The van der Waals surface area contributed by atoms with Gasteiger partial charge in [-0.05, 0) is 31.5 Å². The number of hydrogen-bond donors (Lipinski definition) is 0. The summed E-state index contributed by atoms with van der Waals surface area (Å²) in [5.41, 5.74) is 1.77. The maximum Gasteiger partial charge on any atom is 0.234 e. The number of likely N-dealkylation sites (tertiary alicyclic amines) is 1. The van der Waals surface area contributed by atoms with Crippen molar-refractivity contribution in [1.82, 2.24) is 19.7 Å². The number of rotatable bonds is 3. The summed E-state index contributed by atoms with van der Waals surface area (Å²) < 4.78 is 1.75. The second-order valence-corrected chi connectivity index (χ2v) is 6.64. The number of hydrogen-bond acceptors (Lipinski definition) is 4. The molecular formula is C17H21N5O. The number of amides is 1. The molecule has 2 aliphatic heterocycles. The summed E-state index contributed by atoms with van der Waals surface area (Å²) in [6.07, 6.45) is 7.38. The van der Waals surface area contributed by atoms with Crippen LogP contribution in [-0.2, 0) is 18.4 Å². The highest BCUT2D eigenvalue weighted by Crippen LogP contribution is 2.42. The van der Waals surface area contributed by atoms with Crippen molar-refractivity contribution in [3.8, 4) is 0 Å². The van der Waals surface area contributed by atoms with Crippen molar-refractivity contribution >= 4 is 11.6 Å². The molecule has 1 atom stereocenters. The van der Waals surface area contributed by atoms with Gasteiger partial charge in [-0.2, -0.15) is 5.10 Å². The Labute approximate surface area is 135 Å². The zero-order valence-corrected chi connectivity index (χ0v) is 13.4. The quantitative estimate of drug-likeness (QED) is 0.861. The van der Waals surface area contributed by atoms with Crippen LogP contribution in [0.15, 0.2) is 36.8 Å². The Morgan fingerprint density at radius 2 is 2.13 bits per heavy atom. The normalized spacial score (nSPS) is 24.9. The molecule has 23 heavy (non-hydrogen) atoms. The number of nitrogens with zero attached hydrogens (tertiary/aromatic N) is 5. The lowest BCUT2D eigenvalue weighted by Gasteiger charge is -2.23. The molecule has 1 spiro atoms. The van der Waals surface area contributed by atoms with E-state index in [4.69, 9.17) is 0 Å². The summed E-state index contributed by atoms with van der Waals surface area (Å²) in [7, 11) is 1.88. The number of aryl methyl sites for hydroxylation is 1. The Morgan fingerprint density at radius 1 is 1.26 bits per heavy atom. The van der Waals surface area contributed by atoms with Crippen molar-refractivity contribution in [2.45, 2.75) is 19.4 Å². The van der Waals surface area contributed by atoms with E-state index < -0.39 is 0 Å². The van der Waals surface area contributed by atoms with Crippen LogP contribution in [0.3, 0.4) is 0 Å². The largest absolute Gasteiger partial charge is 0.309 e. The van der Waals surface area contributed by atoms with E-state index in [0.29, 0.717) is 0 Å². The third-order valence-electron chi connectivity index (χ3n) is 5.06. The number of anilines is 1. The molecule has 2 saturated heterocycles. The van der Waals surface area contributed by atoms with Crippen LogP contribution in [0.1, 0.15) is 18.5 Å². The predicted octanol–water partition coefficient (Wildman–Crippen LogP) is 1.44. The van der Waals surface area contributed by atoms with Gasteiger partial charge in [0.15, 0.2) is 0 Å². The van der Waals surface area contributed by atoms with E-state index in [-0.39, 0.29) is 11.3 Å². The number of carbonyl (C=O) groups is 1. The fourth-order valence-electron chi connectivity index (χ4n) is 3.81. The Kier molecular flexibility index (Phi) is 3.41. The van der Waals surface area contributed by atoms with E-state index in [1.54, 1.807) is 10.9 Å². The second kappa shape index (κ2) is 5.45. The van der Waals surface area contributed by atoms with Crippen molar-refractivity contribution < 1.29 is 4.79 Å². The Bertz CT molecular complexity index is 713. The molecule has 6 nitrogen and oxygen atoms in total. The van der Waals surface area contributed by atoms with E-state index in [1.165, 1.54) is 0 Å². The Hall–Kier alpha value is -2.21. The maximum atomic E-state index is 13.0. The van der Waals surface area contributed by atoms with Crippen molar-refractivity contribution in [3.63, 3.8) is 0 Å². The van der Waals surface area contributed by atoms with E-state index >= 15 is 0 Å². The van der Waals surface area contributed by atoms with Crippen LogP contribution in [0.4, 0.5) is 5.69 Å². The minimum absolute atomic E-state index is 0.218. The first-order valence-electron chi connectivity index (χ1n) is 8.09. The summed E-state index contributed by atoms with van der Waals surface area (Å²) in [5.74, 6) is 0.258. The van der Waals surface area contributed by atoms with Gasteiger partial charge in [0.1, 0.15) is 0 Å². The summed E-state index contributed by atoms with van der Waals surface area (Å²) in [6, 6.07) is 5.99. The first-order chi connectivity index (χ1) is 11.2. The predicted molar refractivity (Wildman–Crippen MR) is 86.7 cm³/mol. The van der Waals surface area contributed by atoms with Gasteiger partial charge in [-0.25, -0.2) is 0 Å². The standard InChI is InChI=1S/C17H21N5O/c1-20-12-15(10-19-20)22-9-6-17(16(22)23)5-8-21(13-17)11-14-4-2-3-7-18-14/h2-4,7,10,12H,5-6,8-9,11,13H2,1H3/t17-/m1/s1. The smallest absolute Gasteiger partial charge is 0.234 e. The monoisotopic (exact) mass is 311 g/mol. The molecule has 0 radical (unpaired) electrons. The van der Waals surface area contributed by atoms with Crippen LogP contribution < -0.4 is 4.90 Å². The van der Waals surface area contributed by atoms with Gasteiger partial charge in [0.05, 0.1) is 23.0 Å². The molecule has 2 aliphatic rings. The first-order valence-corrected chi connectivity index (χ1v) is 8.09. The van der Waals surface area contributed by atoms with Gasteiger partial charge in [0.2, 0.25) is 5.91 Å². The van der Waals surface area contributed by atoms with Gasteiger partial charge in [0, 0.05) is 39.1 Å². The molecule has 4 rings (SSSR count). The average Bonchev–Trinajstić information content (AvgIpc) is 3.23. The molecule has 0 unspecified atom stereocenters. The van der Waals surface area contributed by atoms with Gasteiger partial charge < -0.3 is 4.90 Å². The minimum atomic E-state index is -0.218. The molecule has 0 saturated carbocycles. The molecule has 2 aromatic heterocycles. The van der Waals surface area contributed by atoms with E-state index in [0.717, 1.165) is 50.4 Å². The van der Waals surface area contributed by atoms with Gasteiger partial charge in [-0.15, -0.1) is 0 Å². The zero-order chi connectivity index (χ0) is 15.9. The molecule has 120 valence electrons. The van der Waals surface area contributed by atoms with Crippen LogP contribution in [0, 0.1) is 5.41 Å². The van der Waals surface area contributed by atoms with Gasteiger partial charge in [-0.3, -0.25) is 19.4 Å². The topological polar surface area (TPSA) is 54.3 Å². The highest BCUT2D eigenvalue weighted by Gasteiger charge is 2.51.